The van der Waals surface area contributed by atoms with Crippen LogP contribution in [0.25, 0.3) is 0 Å². The molecule has 220 valence electrons. The quantitative estimate of drug-likeness (QED) is 0.282. The summed E-state index contributed by atoms with van der Waals surface area (Å²) < 4.78 is 10.0. The van der Waals surface area contributed by atoms with Crippen LogP contribution in [0.15, 0.2) is 0 Å². The summed E-state index contributed by atoms with van der Waals surface area (Å²) in [6, 6.07) is 0. The summed E-state index contributed by atoms with van der Waals surface area (Å²) in [5.41, 5.74) is 0. The lowest BCUT2D eigenvalue weighted by Crippen LogP contribution is -2.34. The number of hydrogen-bond acceptors (Lipinski definition) is 6. The number of ketones is 1. The van der Waals surface area contributed by atoms with Crippen molar-refractivity contribution in [1.29, 1.82) is 0 Å². The average Bonchev–Trinajstić information content (AvgIpc) is 2.77. The molecular formula is C28H57N3O6. The summed E-state index contributed by atoms with van der Waals surface area (Å²) in [5, 5.41) is 8.05. The van der Waals surface area contributed by atoms with Gasteiger partial charge in [0, 0.05) is 26.1 Å². The molecule has 0 radical (unpaired) electrons. The Morgan fingerprint density at radius 2 is 1.05 bits per heavy atom. The van der Waals surface area contributed by atoms with E-state index in [1.807, 2.05) is 69.2 Å². The van der Waals surface area contributed by atoms with Gasteiger partial charge in [0.1, 0.15) is 6.61 Å². The van der Waals surface area contributed by atoms with Gasteiger partial charge in [-0.15, -0.1) is 0 Å². The van der Waals surface area contributed by atoms with Crippen LogP contribution >= 0.6 is 0 Å². The zero-order valence-corrected chi connectivity index (χ0v) is 25.7. The van der Waals surface area contributed by atoms with Crippen LogP contribution in [-0.4, -0.2) is 62.6 Å². The minimum Gasteiger partial charge on any atom is -0.449 e. The Hall–Kier alpha value is -2.16. The molecule has 9 heteroatoms. The van der Waals surface area contributed by atoms with Crippen LogP contribution < -0.4 is 16.0 Å². The summed E-state index contributed by atoms with van der Waals surface area (Å²) in [5.74, 6) is 1.21. The van der Waals surface area contributed by atoms with E-state index >= 15 is 0 Å². The van der Waals surface area contributed by atoms with Crippen molar-refractivity contribution in [2.45, 2.75) is 95.6 Å². The Bertz CT molecular complexity index is 557. The number of alkyl carbamates (subject to hydrolysis) is 1. The Labute approximate surface area is 226 Å². The van der Waals surface area contributed by atoms with Gasteiger partial charge in [-0.3, -0.25) is 14.4 Å². The lowest BCUT2D eigenvalue weighted by molar-refractivity contribution is -0.138. The van der Waals surface area contributed by atoms with Crippen LogP contribution in [0.2, 0.25) is 0 Å². The van der Waals surface area contributed by atoms with Crippen LogP contribution in [0.1, 0.15) is 89.5 Å². The Morgan fingerprint density at radius 1 is 0.595 bits per heavy atom. The zero-order valence-electron chi connectivity index (χ0n) is 25.7. The maximum Gasteiger partial charge on any atom is 0.407 e. The van der Waals surface area contributed by atoms with Crippen molar-refractivity contribution in [2.75, 3.05) is 32.8 Å². The summed E-state index contributed by atoms with van der Waals surface area (Å²) in [7, 11) is 0. The van der Waals surface area contributed by atoms with Crippen LogP contribution in [0.3, 0.4) is 0 Å². The van der Waals surface area contributed by atoms with E-state index in [4.69, 9.17) is 9.47 Å². The van der Waals surface area contributed by atoms with E-state index in [-0.39, 0.29) is 36.4 Å². The molecule has 0 unspecified atom stereocenters. The van der Waals surface area contributed by atoms with Crippen molar-refractivity contribution in [3.8, 4) is 0 Å². The van der Waals surface area contributed by atoms with Crippen LogP contribution in [0.5, 0.6) is 0 Å². The lowest BCUT2D eigenvalue weighted by Gasteiger charge is -2.09. The molecule has 0 atom stereocenters. The molecule has 3 amide bonds. The molecule has 37 heavy (non-hydrogen) atoms. The minimum atomic E-state index is -0.442. The number of carbonyl (C=O) groups is 4. The molecular weight excluding hydrogens is 474 g/mol. The molecule has 0 aliphatic heterocycles. The van der Waals surface area contributed by atoms with E-state index in [9.17, 15) is 19.2 Å². The van der Waals surface area contributed by atoms with Gasteiger partial charge in [-0.25, -0.2) is 4.79 Å². The summed E-state index contributed by atoms with van der Waals surface area (Å²) in [4.78, 5) is 44.2. The number of hydrogen-bond donors (Lipinski definition) is 3. The second-order valence-electron chi connectivity index (χ2n) is 11.4. The molecule has 0 spiro atoms. The molecule has 3 N–H and O–H groups in total. The highest BCUT2D eigenvalue weighted by molar-refractivity contribution is 6.36. The monoisotopic (exact) mass is 531 g/mol. The Balaban J connectivity index is -0.000000469. The van der Waals surface area contributed by atoms with E-state index in [2.05, 4.69) is 29.8 Å². The number of rotatable bonds is 14. The smallest absolute Gasteiger partial charge is 0.407 e. The van der Waals surface area contributed by atoms with Crippen LogP contribution in [0, 0.1) is 29.6 Å². The maximum absolute atomic E-state index is 11.2. The largest absolute Gasteiger partial charge is 0.449 e. The second-order valence-corrected chi connectivity index (χ2v) is 11.4. The van der Waals surface area contributed by atoms with Gasteiger partial charge in [0.2, 0.25) is 11.7 Å². The lowest BCUT2D eigenvalue weighted by atomic mass is 10.1. The van der Waals surface area contributed by atoms with Crippen LogP contribution in [0.4, 0.5) is 4.79 Å². The molecule has 9 nitrogen and oxygen atoms in total. The molecule has 0 aromatic carbocycles. The van der Waals surface area contributed by atoms with Gasteiger partial charge in [-0.2, -0.15) is 0 Å². The fourth-order valence-electron chi connectivity index (χ4n) is 2.05. The maximum atomic E-state index is 11.2. The summed E-state index contributed by atoms with van der Waals surface area (Å²) in [6.07, 6.45) is 0.149. The van der Waals surface area contributed by atoms with E-state index in [1.54, 1.807) is 0 Å². The number of nitrogens with one attached hydrogen (secondary N) is 3. The van der Waals surface area contributed by atoms with Gasteiger partial charge in [0.25, 0.3) is 5.91 Å². The van der Waals surface area contributed by atoms with Crippen LogP contribution in [-0.2, 0) is 23.9 Å². The first-order valence-corrected chi connectivity index (χ1v) is 13.6. The number of Topliss-reactive ketones (excluding diaryl/α,β-unsaturated/α-hetero) is 1. The third-order valence-electron chi connectivity index (χ3n) is 3.98. The third kappa shape index (κ3) is 36.1. The first kappa shape index (κ1) is 39.4. The van der Waals surface area contributed by atoms with Crippen molar-refractivity contribution in [3.63, 3.8) is 0 Å². The SMILES string of the molecule is CC(C)CNC(=O)C(=O)CC(C)C.CC(C)CNC(=O)COC(C)C.CC(C)CNC(=O)OCC(C)C. The number of carbonyl (C=O) groups excluding carboxylic acids is 4. The molecule has 0 aliphatic carbocycles. The van der Waals surface area contributed by atoms with Crippen molar-refractivity contribution in [3.05, 3.63) is 0 Å². The van der Waals surface area contributed by atoms with Crippen molar-refractivity contribution >= 4 is 23.7 Å². The fourth-order valence-corrected chi connectivity index (χ4v) is 2.05. The number of amides is 3. The molecule has 0 aliphatic rings. The van der Waals surface area contributed by atoms with E-state index < -0.39 is 5.91 Å². The average molecular weight is 532 g/mol. The topological polar surface area (TPSA) is 123 Å². The highest BCUT2D eigenvalue weighted by Crippen LogP contribution is 2.00. The minimum absolute atomic E-state index is 0.0302. The molecule has 0 saturated carbocycles. The predicted molar refractivity (Wildman–Crippen MR) is 150 cm³/mol. The van der Waals surface area contributed by atoms with Gasteiger partial charge < -0.3 is 25.4 Å². The Morgan fingerprint density at radius 3 is 1.46 bits per heavy atom. The highest BCUT2D eigenvalue weighted by Gasteiger charge is 2.14. The summed E-state index contributed by atoms with van der Waals surface area (Å²) >= 11 is 0. The predicted octanol–water partition coefficient (Wildman–Crippen LogP) is 4.58. The molecule has 0 rings (SSSR count). The van der Waals surface area contributed by atoms with E-state index in [0.717, 1.165) is 6.54 Å². The normalized spacial score (nSPS) is 10.6. The van der Waals surface area contributed by atoms with Gasteiger partial charge >= 0.3 is 6.09 Å². The molecule has 0 fully saturated rings. The Kier molecular flexibility index (Phi) is 25.7. The van der Waals surface area contributed by atoms with E-state index in [0.29, 0.717) is 49.8 Å². The van der Waals surface area contributed by atoms with Crippen molar-refractivity contribution in [2.24, 2.45) is 29.6 Å². The zero-order chi connectivity index (χ0) is 29.6. The first-order chi connectivity index (χ1) is 17.0. The fraction of sp³-hybridized carbons (Fsp3) is 0.857. The van der Waals surface area contributed by atoms with Gasteiger partial charge in [0.15, 0.2) is 0 Å². The van der Waals surface area contributed by atoms with Crippen molar-refractivity contribution < 1.29 is 28.7 Å². The van der Waals surface area contributed by atoms with Gasteiger partial charge in [-0.05, 0) is 43.4 Å². The second kappa shape index (κ2) is 24.2. The highest BCUT2D eigenvalue weighted by atomic mass is 16.5. The van der Waals surface area contributed by atoms with Gasteiger partial charge in [-0.1, -0.05) is 69.2 Å². The molecule has 0 aromatic rings. The molecule has 0 heterocycles. The summed E-state index contributed by atoms with van der Waals surface area (Å²) in [6.45, 7) is 26.5. The van der Waals surface area contributed by atoms with Crippen molar-refractivity contribution in [1.82, 2.24) is 16.0 Å². The first-order valence-electron chi connectivity index (χ1n) is 13.6. The molecule has 0 aromatic heterocycles. The molecule has 0 bridgehead atoms. The standard InChI is InChI=1S/C10H19NO2.2C9H19NO2/c1-7(2)5-9(12)10(13)11-6-8(3)4;1-7(2)5-10-9(11)6-12-8(3)4;1-7(2)5-10-9(11)12-6-8(3)4/h7-8H,5-6H2,1-4H3,(H,11,13);2*7-8H,5-6H2,1-4H3,(H,10,11). The number of ether oxygens (including phenoxy) is 2. The molecule has 0 saturated heterocycles. The van der Waals surface area contributed by atoms with Gasteiger partial charge in [0.05, 0.1) is 12.7 Å². The van der Waals surface area contributed by atoms with E-state index in [1.165, 1.54) is 0 Å². The third-order valence-corrected chi connectivity index (χ3v) is 3.98.